The van der Waals surface area contributed by atoms with E-state index in [1.807, 2.05) is 28.0 Å². The number of H-pyrrole nitrogens is 1. The number of nitrogens with one attached hydrogen (secondary N) is 1. The quantitative estimate of drug-likeness (QED) is 0.145. The van der Waals surface area contributed by atoms with E-state index in [2.05, 4.69) is 41.0 Å². The number of halogens is 12. The third-order valence-electron chi connectivity index (χ3n) is 9.61. The lowest BCUT2D eigenvalue weighted by molar-refractivity contribution is -0.193. The molecule has 0 unspecified atom stereocenters. The number of aliphatic hydroxyl groups excluding tert-OH is 1. The molecule has 2 saturated heterocycles. The number of fused-ring (bicyclic) bond motifs is 1. The summed E-state index contributed by atoms with van der Waals surface area (Å²) in [5.74, 6) is -9.56. The van der Waals surface area contributed by atoms with E-state index in [1.54, 1.807) is 6.20 Å². The number of β-amino-alcohol motifs (C(OH)–C–C–N with tert-alkyl or cyclic N) is 1. The molecule has 6 heterocycles. The van der Waals surface area contributed by atoms with Crippen molar-refractivity contribution in [2.45, 2.75) is 87.1 Å². The molecular weight excluding hydrogens is 916 g/mol. The Morgan fingerprint density at radius 1 is 0.862 bits per heavy atom. The van der Waals surface area contributed by atoms with Gasteiger partial charge in [-0.2, -0.15) is 68.0 Å². The van der Waals surface area contributed by atoms with Gasteiger partial charge in [0.2, 0.25) is 11.7 Å². The smallest absolute Gasteiger partial charge is 0.475 e. The first-order valence-corrected chi connectivity index (χ1v) is 18.4. The van der Waals surface area contributed by atoms with E-state index in [-0.39, 0.29) is 30.3 Å². The molecule has 3 fully saturated rings. The Hall–Kier alpha value is -6.35. The largest absolute Gasteiger partial charge is 0.490 e. The van der Waals surface area contributed by atoms with Crippen molar-refractivity contribution in [3.63, 3.8) is 0 Å². The van der Waals surface area contributed by atoms with Crippen LogP contribution in [0.15, 0.2) is 37.1 Å². The molecule has 4 aromatic heterocycles. The van der Waals surface area contributed by atoms with Crippen molar-refractivity contribution < 1.29 is 92.2 Å². The van der Waals surface area contributed by atoms with E-state index in [9.17, 15) is 63.1 Å². The first-order valence-electron chi connectivity index (χ1n) is 18.4. The lowest BCUT2D eigenvalue weighted by atomic mass is 9.82. The first-order chi connectivity index (χ1) is 30.0. The first kappa shape index (κ1) is 51.3. The number of likely N-dealkylation sites (tertiary alicyclic amines) is 2. The summed E-state index contributed by atoms with van der Waals surface area (Å²) >= 11 is 0. The molecule has 30 heteroatoms. The van der Waals surface area contributed by atoms with E-state index < -0.39 is 60.1 Å². The summed E-state index contributed by atoms with van der Waals surface area (Å²) in [7, 11) is 0. The molecule has 0 spiro atoms. The number of aliphatic carboxylic acids is 3. The van der Waals surface area contributed by atoms with Crippen molar-refractivity contribution in [2.75, 3.05) is 26.2 Å². The summed E-state index contributed by atoms with van der Waals surface area (Å²) in [5.41, 5.74) is 2.16. The number of carboxylic acids is 3. The molecule has 7 rings (SSSR count). The van der Waals surface area contributed by atoms with E-state index in [0.717, 1.165) is 35.1 Å². The minimum Gasteiger partial charge on any atom is -0.475 e. The standard InChI is InChI=1S/C29H31F3N10O2.3C2HF3O2/c30-29(31,32)27-38-19(12-40-13-21(43)14-40)9-24(39-27)44-22-3-1-20(2-4-22)41-15-28(16-41,6-7-33)42-11-18(10-37-42)25-23-5-8-34-26(23)36-17-35-25;3*3-2(4,5)1(6)7/h5,8-11,17,20-22,43H,1-4,6,12-16H2,(H,34,35,36);3*(H,6,7). The van der Waals surface area contributed by atoms with Crippen LogP contribution in [0.5, 0.6) is 5.88 Å². The highest BCUT2D eigenvalue weighted by atomic mass is 19.4. The number of rotatable bonds is 8. The summed E-state index contributed by atoms with van der Waals surface area (Å²) < 4.78 is 144. The van der Waals surface area contributed by atoms with Gasteiger partial charge in [0.25, 0.3) is 0 Å². The lowest BCUT2D eigenvalue weighted by Gasteiger charge is -2.53. The fourth-order valence-corrected chi connectivity index (χ4v) is 6.60. The molecule has 5 N–H and O–H groups in total. The fourth-order valence-electron chi connectivity index (χ4n) is 6.60. The number of nitrogens with zero attached hydrogens (tertiary/aromatic N) is 9. The van der Waals surface area contributed by atoms with Gasteiger partial charge in [0.15, 0.2) is 0 Å². The lowest BCUT2D eigenvalue weighted by Crippen LogP contribution is -2.65. The molecule has 18 nitrogen and oxygen atoms in total. The van der Waals surface area contributed by atoms with Crippen molar-refractivity contribution in [2.24, 2.45) is 0 Å². The van der Waals surface area contributed by atoms with Crippen molar-refractivity contribution >= 4 is 28.9 Å². The van der Waals surface area contributed by atoms with Crippen molar-refractivity contribution in [1.82, 2.24) is 44.5 Å². The maximum Gasteiger partial charge on any atom is 0.490 e. The van der Waals surface area contributed by atoms with Gasteiger partial charge in [0, 0.05) is 68.2 Å². The SMILES string of the molecule is N#CCC1(n2cc(-c3ncnc4[nH]ccc34)cn2)CN(C2CCC(Oc3cc(CN4CC(O)C4)nc(C(F)(F)F)n3)CC2)C1.O=C(O)C(F)(F)F.O=C(O)C(F)(F)F.O=C(O)C(F)(F)F. The predicted molar refractivity (Wildman–Crippen MR) is 191 cm³/mol. The number of nitriles is 1. The molecule has 65 heavy (non-hydrogen) atoms. The molecule has 356 valence electrons. The Morgan fingerprint density at radius 2 is 1.42 bits per heavy atom. The number of carboxylic acid groups (broad SMARTS) is 3. The van der Waals surface area contributed by atoms with Gasteiger partial charge in [-0.15, -0.1) is 0 Å². The Kier molecular flexibility index (Phi) is 16.0. The molecule has 0 aromatic carbocycles. The molecule has 4 aromatic rings. The molecule has 2 aliphatic heterocycles. The topological polar surface area (TPSA) is 257 Å². The molecule has 0 bridgehead atoms. The Balaban J connectivity index is 0.000000366. The number of alkyl halides is 12. The Morgan fingerprint density at radius 3 is 1.91 bits per heavy atom. The van der Waals surface area contributed by atoms with E-state index in [1.165, 1.54) is 12.4 Å². The predicted octanol–water partition coefficient (Wildman–Crippen LogP) is 5.02. The third kappa shape index (κ3) is 14.1. The normalized spacial score (nSPS) is 19.1. The molecule has 0 atom stereocenters. The van der Waals surface area contributed by atoms with Crippen LogP contribution in [0, 0.1) is 11.3 Å². The van der Waals surface area contributed by atoms with E-state index in [0.29, 0.717) is 45.4 Å². The molecule has 3 aliphatic rings. The second-order valence-corrected chi connectivity index (χ2v) is 14.4. The number of carbonyl (C=O) groups is 3. The van der Waals surface area contributed by atoms with Crippen LogP contribution >= 0.6 is 0 Å². The van der Waals surface area contributed by atoms with Gasteiger partial charge in [-0.3, -0.25) is 14.5 Å². The summed E-state index contributed by atoms with van der Waals surface area (Å²) in [5, 5.41) is 46.1. The highest BCUT2D eigenvalue weighted by Gasteiger charge is 2.48. The number of hydrogen-bond donors (Lipinski definition) is 5. The van der Waals surface area contributed by atoms with Crippen LogP contribution < -0.4 is 4.74 Å². The fraction of sp³-hybridized carbons (Fsp3) is 0.514. The zero-order valence-electron chi connectivity index (χ0n) is 32.7. The van der Waals surface area contributed by atoms with Gasteiger partial charge in [0.1, 0.15) is 23.6 Å². The number of ether oxygens (including phenoxy) is 1. The minimum atomic E-state index is -5.08. The van der Waals surface area contributed by atoms with E-state index >= 15 is 0 Å². The molecule has 0 amide bonds. The second kappa shape index (κ2) is 20.2. The molecule has 0 radical (unpaired) electrons. The highest BCUT2D eigenvalue weighted by molar-refractivity contribution is 5.90. The summed E-state index contributed by atoms with van der Waals surface area (Å²) in [6.07, 6.45) is -10.3. The molecule has 1 aliphatic carbocycles. The van der Waals surface area contributed by atoms with Crippen LogP contribution in [0.2, 0.25) is 0 Å². The Labute approximate surface area is 356 Å². The van der Waals surface area contributed by atoms with Gasteiger partial charge in [-0.25, -0.2) is 29.3 Å². The third-order valence-corrected chi connectivity index (χ3v) is 9.61. The highest BCUT2D eigenvalue weighted by Crippen LogP contribution is 2.39. The van der Waals surface area contributed by atoms with Crippen LogP contribution in [0.3, 0.4) is 0 Å². The molecule has 1 saturated carbocycles. The second-order valence-electron chi connectivity index (χ2n) is 14.4. The van der Waals surface area contributed by atoms with Gasteiger partial charge in [-0.1, -0.05) is 0 Å². The summed E-state index contributed by atoms with van der Waals surface area (Å²) in [6, 6.07) is 6.01. The van der Waals surface area contributed by atoms with Gasteiger partial charge >= 0.3 is 42.6 Å². The van der Waals surface area contributed by atoms with Crippen LogP contribution in [-0.4, -0.2) is 146 Å². The van der Waals surface area contributed by atoms with Gasteiger partial charge in [-0.05, 0) is 31.7 Å². The van der Waals surface area contributed by atoms with Crippen molar-refractivity contribution in [1.29, 1.82) is 5.26 Å². The summed E-state index contributed by atoms with van der Waals surface area (Å²) in [4.78, 5) is 50.0. The minimum absolute atomic E-state index is 0.0704. The van der Waals surface area contributed by atoms with Crippen LogP contribution in [0.1, 0.15) is 43.6 Å². The zero-order chi connectivity index (χ0) is 48.7. The average molecular weight is 951 g/mol. The average Bonchev–Trinajstić information content (AvgIpc) is 3.86. The van der Waals surface area contributed by atoms with Gasteiger partial charge < -0.3 is 30.1 Å². The summed E-state index contributed by atoms with van der Waals surface area (Å²) in [6.45, 7) is 2.35. The monoisotopic (exact) mass is 950 g/mol. The number of aromatic nitrogens is 7. The van der Waals surface area contributed by atoms with Crippen molar-refractivity contribution in [3.05, 3.63) is 48.6 Å². The number of aliphatic hydroxyl groups is 1. The molecular formula is C35H34F12N10O8. The van der Waals surface area contributed by atoms with Crippen LogP contribution in [-0.2, 0) is 32.6 Å². The maximum absolute atomic E-state index is 13.5. The van der Waals surface area contributed by atoms with Crippen LogP contribution in [0.4, 0.5) is 52.7 Å². The van der Waals surface area contributed by atoms with Crippen molar-refractivity contribution in [3.8, 4) is 23.2 Å². The zero-order valence-corrected chi connectivity index (χ0v) is 32.7. The maximum atomic E-state index is 13.5. The Bertz CT molecular complexity index is 2250. The van der Waals surface area contributed by atoms with Crippen LogP contribution in [0.25, 0.3) is 22.3 Å². The number of aromatic amines is 1. The van der Waals surface area contributed by atoms with Gasteiger partial charge in [0.05, 0.1) is 36.2 Å². The number of hydrogen-bond acceptors (Lipinski definition) is 13. The van der Waals surface area contributed by atoms with E-state index in [4.69, 9.17) is 34.4 Å².